The highest BCUT2D eigenvalue weighted by Gasteiger charge is 2.18. The molecule has 1 aromatic carbocycles. The minimum absolute atomic E-state index is 0.0955. The lowest BCUT2D eigenvalue weighted by molar-refractivity contribution is -0.126. The maximum Gasteiger partial charge on any atom is 0.337 e. The molecule has 2 N–H and O–H groups in total. The van der Waals surface area contributed by atoms with Gasteiger partial charge in [0.25, 0.3) is 5.91 Å². The number of carbonyl (C=O) groups is 2. The van der Waals surface area contributed by atoms with E-state index in [4.69, 9.17) is 9.47 Å². The third kappa shape index (κ3) is 3.30. The largest absolute Gasteiger partial charge is 0.495 e. The molecule has 2 rings (SSSR count). The summed E-state index contributed by atoms with van der Waals surface area (Å²) in [6, 6.07) is 4.85. The second-order valence-electron chi connectivity index (χ2n) is 4.79. The normalized spacial score (nSPS) is 14.2. The van der Waals surface area contributed by atoms with Gasteiger partial charge in [0.15, 0.2) is 0 Å². The SMILES string of the molecule is COC(=O)c1ccc(OC)c(NNC2=CCCN(C)C2=O)c1. The molecule has 7 nitrogen and oxygen atoms in total. The number of esters is 1. The first-order valence-electron chi connectivity index (χ1n) is 6.80. The number of carbonyl (C=O) groups excluding carboxylic acids is 2. The highest BCUT2D eigenvalue weighted by Crippen LogP contribution is 2.25. The molecule has 0 saturated heterocycles. The number of ether oxygens (including phenoxy) is 2. The van der Waals surface area contributed by atoms with Gasteiger partial charge in [-0.2, -0.15) is 0 Å². The van der Waals surface area contributed by atoms with Gasteiger partial charge in [0.05, 0.1) is 25.5 Å². The lowest BCUT2D eigenvalue weighted by atomic mass is 10.2. The smallest absolute Gasteiger partial charge is 0.337 e. The van der Waals surface area contributed by atoms with Crippen molar-refractivity contribution in [3.05, 3.63) is 35.5 Å². The van der Waals surface area contributed by atoms with Gasteiger partial charge in [-0.3, -0.25) is 15.6 Å². The van der Waals surface area contributed by atoms with Gasteiger partial charge >= 0.3 is 5.97 Å². The van der Waals surface area contributed by atoms with E-state index in [1.54, 1.807) is 30.1 Å². The van der Waals surface area contributed by atoms with Crippen molar-refractivity contribution >= 4 is 17.6 Å². The minimum Gasteiger partial charge on any atom is -0.495 e. The molecule has 0 atom stereocenters. The first-order chi connectivity index (χ1) is 10.6. The summed E-state index contributed by atoms with van der Waals surface area (Å²) in [6.07, 6.45) is 2.61. The summed E-state index contributed by atoms with van der Waals surface area (Å²) < 4.78 is 9.92. The zero-order valence-electron chi connectivity index (χ0n) is 12.8. The summed E-state index contributed by atoms with van der Waals surface area (Å²) in [4.78, 5) is 25.2. The van der Waals surface area contributed by atoms with Gasteiger partial charge in [0.2, 0.25) is 0 Å². The molecule has 0 unspecified atom stereocenters. The predicted molar refractivity (Wildman–Crippen MR) is 81.4 cm³/mol. The number of nitrogens with one attached hydrogen (secondary N) is 2. The summed E-state index contributed by atoms with van der Waals surface area (Å²) in [6.45, 7) is 0.700. The molecule has 22 heavy (non-hydrogen) atoms. The highest BCUT2D eigenvalue weighted by molar-refractivity contribution is 5.94. The van der Waals surface area contributed by atoms with Crippen LogP contribution in [0.25, 0.3) is 0 Å². The Morgan fingerprint density at radius 1 is 1.27 bits per heavy atom. The van der Waals surface area contributed by atoms with Crippen molar-refractivity contribution in [3.8, 4) is 5.75 Å². The molecule has 1 aromatic rings. The second-order valence-corrected chi connectivity index (χ2v) is 4.79. The molecule has 0 bridgehead atoms. The number of hydrazine groups is 1. The van der Waals surface area contributed by atoms with E-state index >= 15 is 0 Å². The van der Waals surface area contributed by atoms with Gasteiger partial charge in [-0.25, -0.2) is 4.79 Å². The highest BCUT2D eigenvalue weighted by atomic mass is 16.5. The lowest BCUT2D eigenvalue weighted by Crippen LogP contribution is -2.39. The molecule has 1 aliphatic rings. The van der Waals surface area contributed by atoms with Crippen LogP contribution in [0.15, 0.2) is 30.0 Å². The number of methoxy groups -OCH3 is 2. The van der Waals surface area contributed by atoms with Crippen LogP contribution in [0.1, 0.15) is 16.8 Å². The average Bonchev–Trinajstić information content (AvgIpc) is 2.55. The van der Waals surface area contributed by atoms with Crippen LogP contribution >= 0.6 is 0 Å². The van der Waals surface area contributed by atoms with E-state index in [1.165, 1.54) is 14.2 Å². The van der Waals surface area contributed by atoms with Crippen LogP contribution < -0.4 is 15.6 Å². The second kappa shape index (κ2) is 6.84. The number of hydrogen-bond donors (Lipinski definition) is 2. The van der Waals surface area contributed by atoms with Crippen LogP contribution in [0.4, 0.5) is 5.69 Å². The molecule has 118 valence electrons. The lowest BCUT2D eigenvalue weighted by Gasteiger charge is -2.24. The Hall–Kier alpha value is -2.70. The molecule has 1 heterocycles. The minimum atomic E-state index is -0.446. The van der Waals surface area contributed by atoms with E-state index in [2.05, 4.69) is 10.9 Å². The van der Waals surface area contributed by atoms with E-state index < -0.39 is 5.97 Å². The Balaban J connectivity index is 2.16. The van der Waals surface area contributed by atoms with E-state index in [1.807, 2.05) is 6.08 Å². The molecule has 0 spiro atoms. The first-order valence-corrected chi connectivity index (χ1v) is 6.80. The molecule has 1 aliphatic heterocycles. The Labute approximate surface area is 128 Å². The van der Waals surface area contributed by atoms with Gasteiger partial charge < -0.3 is 14.4 Å². The van der Waals surface area contributed by atoms with Crippen molar-refractivity contribution in [1.82, 2.24) is 10.3 Å². The fraction of sp³-hybridized carbons (Fsp3) is 0.333. The van der Waals surface area contributed by atoms with E-state index in [-0.39, 0.29) is 5.91 Å². The Kier molecular flexibility index (Phi) is 4.88. The van der Waals surface area contributed by atoms with Crippen LogP contribution in [0.3, 0.4) is 0 Å². The van der Waals surface area contributed by atoms with Gasteiger partial charge in [0.1, 0.15) is 11.4 Å². The molecule has 0 aromatic heterocycles. The van der Waals surface area contributed by atoms with Crippen LogP contribution in [-0.2, 0) is 9.53 Å². The van der Waals surface area contributed by atoms with Crippen LogP contribution in [0.2, 0.25) is 0 Å². The maximum atomic E-state index is 12.0. The van der Waals surface area contributed by atoms with Crippen LogP contribution in [-0.4, -0.2) is 44.6 Å². The number of nitrogens with zero attached hydrogens (tertiary/aromatic N) is 1. The zero-order valence-corrected chi connectivity index (χ0v) is 12.8. The molecule has 7 heteroatoms. The standard InChI is InChI=1S/C15H19N3O4/c1-18-8-4-5-11(14(18)19)16-17-12-9-10(15(20)22-3)6-7-13(12)21-2/h5-7,9,16-17H,4,8H2,1-3H3. The zero-order chi connectivity index (χ0) is 16.1. The molecular weight excluding hydrogens is 286 g/mol. The van der Waals surface area contributed by atoms with Gasteiger partial charge in [0, 0.05) is 13.6 Å². The van der Waals surface area contributed by atoms with Crippen molar-refractivity contribution in [2.24, 2.45) is 0 Å². The van der Waals surface area contributed by atoms with Crippen molar-refractivity contribution in [1.29, 1.82) is 0 Å². The van der Waals surface area contributed by atoms with Gasteiger partial charge in [-0.15, -0.1) is 0 Å². The molecule has 0 fully saturated rings. The van der Waals surface area contributed by atoms with E-state index in [0.29, 0.717) is 29.2 Å². The number of hydrogen-bond acceptors (Lipinski definition) is 6. The number of anilines is 1. The molecular formula is C15H19N3O4. The number of amides is 1. The van der Waals surface area contributed by atoms with Crippen molar-refractivity contribution in [2.75, 3.05) is 33.2 Å². The fourth-order valence-corrected chi connectivity index (χ4v) is 2.09. The summed E-state index contributed by atoms with van der Waals surface area (Å²) in [7, 11) is 4.59. The average molecular weight is 305 g/mol. The maximum absolute atomic E-state index is 12.0. The van der Waals surface area contributed by atoms with Crippen molar-refractivity contribution in [3.63, 3.8) is 0 Å². The molecule has 0 aliphatic carbocycles. The summed E-state index contributed by atoms with van der Waals surface area (Å²) in [5.41, 5.74) is 7.15. The molecule has 1 amide bonds. The number of likely N-dealkylation sites (N-methyl/N-ethyl adjacent to an activating group) is 1. The topological polar surface area (TPSA) is 79.9 Å². The molecule has 0 radical (unpaired) electrons. The Morgan fingerprint density at radius 2 is 2.05 bits per heavy atom. The first kappa shape index (κ1) is 15.7. The third-order valence-corrected chi connectivity index (χ3v) is 3.34. The summed E-state index contributed by atoms with van der Waals surface area (Å²) >= 11 is 0. The fourth-order valence-electron chi connectivity index (χ4n) is 2.09. The Bertz CT molecular complexity index is 613. The van der Waals surface area contributed by atoms with Gasteiger partial charge in [-0.1, -0.05) is 6.08 Å². The summed E-state index contributed by atoms with van der Waals surface area (Å²) in [5.74, 6) is -0.00222. The van der Waals surface area contributed by atoms with Gasteiger partial charge in [-0.05, 0) is 24.6 Å². The third-order valence-electron chi connectivity index (χ3n) is 3.34. The number of rotatable bonds is 5. The van der Waals surface area contributed by atoms with E-state index in [0.717, 1.165) is 6.42 Å². The molecule has 0 saturated carbocycles. The van der Waals surface area contributed by atoms with Crippen LogP contribution in [0, 0.1) is 0 Å². The quantitative estimate of drug-likeness (QED) is 0.627. The van der Waals surface area contributed by atoms with Crippen molar-refractivity contribution in [2.45, 2.75) is 6.42 Å². The number of benzene rings is 1. The predicted octanol–water partition coefficient (Wildman–Crippen LogP) is 1.14. The monoisotopic (exact) mass is 305 g/mol. The Morgan fingerprint density at radius 3 is 2.73 bits per heavy atom. The summed E-state index contributed by atoms with van der Waals surface area (Å²) in [5, 5.41) is 0. The van der Waals surface area contributed by atoms with Crippen LogP contribution in [0.5, 0.6) is 5.75 Å². The van der Waals surface area contributed by atoms with Crippen molar-refractivity contribution < 1.29 is 19.1 Å². The van der Waals surface area contributed by atoms with E-state index in [9.17, 15) is 9.59 Å².